The summed E-state index contributed by atoms with van der Waals surface area (Å²) in [7, 11) is 2.16. The van der Waals surface area contributed by atoms with Gasteiger partial charge >= 0.3 is 0 Å². The summed E-state index contributed by atoms with van der Waals surface area (Å²) in [6, 6.07) is 9.58. The van der Waals surface area contributed by atoms with Gasteiger partial charge in [0.2, 0.25) is 5.95 Å². The summed E-state index contributed by atoms with van der Waals surface area (Å²) in [4.78, 5) is 31.4. The highest BCUT2D eigenvalue weighted by Crippen LogP contribution is 2.21. The van der Waals surface area contributed by atoms with Gasteiger partial charge in [0.15, 0.2) is 0 Å². The van der Waals surface area contributed by atoms with Gasteiger partial charge in [-0.05, 0) is 44.7 Å². The Kier molecular flexibility index (Phi) is 7.65. The zero-order valence-corrected chi connectivity index (χ0v) is 20.2. The highest BCUT2D eigenvalue weighted by atomic mass is 16.5. The van der Waals surface area contributed by atoms with Crippen molar-refractivity contribution in [3.8, 4) is 5.75 Å². The molecule has 2 fully saturated rings. The lowest BCUT2D eigenvalue weighted by Crippen LogP contribution is -2.49. The second-order valence-electron chi connectivity index (χ2n) is 8.96. The van der Waals surface area contributed by atoms with Crippen molar-refractivity contribution < 1.29 is 9.53 Å². The molecular formula is C25H36N6O2. The molecule has 178 valence electrons. The molecule has 4 rings (SSSR count). The SMILES string of the molecule is CCCCOc1ccc(C(=O)N2CCN(c3nc(C)cc(N4CCN(C)CC4)n3)CC2)cc1. The van der Waals surface area contributed by atoms with Crippen molar-refractivity contribution in [3.63, 3.8) is 0 Å². The van der Waals surface area contributed by atoms with Crippen LogP contribution in [0.25, 0.3) is 0 Å². The molecule has 8 heteroatoms. The van der Waals surface area contributed by atoms with E-state index in [1.54, 1.807) is 0 Å². The van der Waals surface area contributed by atoms with Crippen LogP contribution < -0.4 is 14.5 Å². The Morgan fingerprint density at radius 2 is 1.61 bits per heavy atom. The molecule has 0 saturated carbocycles. The Morgan fingerprint density at radius 1 is 0.939 bits per heavy atom. The predicted octanol–water partition coefficient (Wildman–Crippen LogP) is 2.68. The first-order valence-electron chi connectivity index (χ1n) is 12.1. The normalized spacial score (nSPS) is 17.4. The van der Waals surface area contributed by atoms with E-state index in [2.05, 4.69) is 34.7 Å². The highest BCUT2D eigenvalue weighted by Gasteiger charge is 2.25. The zero-order valence-electron chi connectivity index (χ0n) is 20.2. The van der Waals surface area contributed by atoms with Gasteiger partial charge in [-0.1, -0.05) is 13.3 Å². The summed E-state index contributed by atoms with van der Waals surface area (Å²) >= 11 is 0. The lowest BCUT2D eigenvalue weighted by molar-refractivity contribution is 0.0746. The average molecular weight is 453 g/mol. The largest absolute Gasteiger partial charge is 0.494 e. The number of anilines is 2. The third-order valence-electron chi connectivity index (χ3n) is 6.37. The number of ether oxygens (including phenoxy) is 1. The summed E-state index contributed by atoms with van der Waals surface area (Å²) in [5.41, 5.74) is 1.68. The van der Waals surface area contributed by atoms with Crippen LogP contribution in [-0.2, 0) is 0 Å². The third kappa shape index (κ3) is 5.93. The molecule has 33 heavy (non-hydrogen) atoms. The van der Waals surface area contributed by atoms with Crippen LogP contribution in [0.1, 0.15) is 35.8 Å². The minimum Gasteiger partial charge on any atom is -0.494 e. The molecule has 3 heterocycles. The Balaban J connectivity index is 1.34. The minimum atomic E-state index is 0.0676. The van der Waals surface area contributed by atoms with E-state index in [0.717, 1.165) is 75.3 Å². The monoisotopic (exact) mass is 452 g/mol. The van der Waals surface area contributed by atoms with E-state index in [4.69, 9.17) is 14.7 Å². The summed E-state index contributed by atoms with van der Waals surface area (Å²) in [5.74, 6) is 2.66. The molecule has 2 aliphatic heterocycles. The number of unbranched alkanes of at least 4 members (excludes halogenated alkanes) is 1. The van der Waals surface area contributed by atoms with Crippen LogP contribution in [0.2, 0.25) is 0 Å². The van der Waals surface area contributed by atoms with E-state index in [9.17, 15) is 4.79 Å². The topological polar surface area (TPSA) is 65.0 Å². The van der Waals surface area contributed by atoms with E-state index in [1.165, 1.54) is 0 Å². The van der Waals surface area contributed by atoms with E-state index in [1.807, 2.05) is 36.1 Å². The molecule has 0 bridgehead atoms. The number of rotatable bonds is 7. The fourth-order valence-electron chi connectivity index (χ4n) is 4.20. The first-order valence-corrected chi connectivity index (χ1v) is 12.1. The molecule has 8 nitrogen and oxygen atoms in total. The van der Waals surface area contributed by atoms with Gasteiger partial charge in [-0.2, -0.15) is 4.98 Å². The highest BCUT2D eigenvalue weighted by molar-refractivity contribution is 5.94. The number of aryl methyl sites for hydroxylation is 1. The molecule has 0 radical (unpaired) electrons. The molecule has 0 spiro atoms. The van der Waals surface area contributed by atoms with Crippen LogP contribution in [-0.4, -0.2) is 91.7 Å². The number of hydrogen-bond donors (Lipinski definition) is 0. The Labute approximate surface area is 197 Å². The molecule has 1 aromatic carbocycles. The third-order valence-corrected chi connectivity index (χ3v) is 6.37. The van der Waals surface area contributed by atoms with Gasteiger partial charge in [-0.25, -0.2) is 4.98 Å². The summed E-state index contributed by atoms with van der Waals surface area (Å²) in [5, 5.41) is 0. The predicted molar refractivity (Wildman–Crippen MR) is 131 cm³/mol. The van der Waals surface area contributed by atoms with Crippen molar-refractivity contribution in [1.82, 2.24) is 19.8 Å². The first-order chi connectivity index (χ1) is 16.0. The standard InChI is InChI=1S/C25H36N6O2/c1-4-5-18-33-22-8-6-21(7-9-22)24(32)30-14-16-31(17-15-30)25-26-20(2)19-23(27-25)29-12-10-28(3)11-13-29/h6-9,19H,4-5,10-18H2,1-3H3. The molecular weight excluding hydrogens is 416 g/mol. The number of carbonyl (C=O) groups excluding carboxylic acids is 1. The number of carbonyl (C=O) groups is 1. The Bertz CT molecular complexity index is 919. The maximum atomic E-state index is 13.0. The lowest BCUT2D eigenvalue weighted by atomic mass is 10.1. The van der Waals surface area contributed by atoms with Crippen molar-refractivity contribution >= 4 is 17.7 Å². The van der Waals surface area contributed by atoms with Crippen molar-refractivity contribution in [2.45, 2.75) is 26.7 Å². The second kappa shape index (κ2) is 10.8. The first kappa shape index (κ1) is 23.3. The number of likely N-dealkylation sites (N-methyl/N-ethyl adjacent to an activating group) is 1. The van der Waals surface area contributed by atoms with E-state index < -0.39 is 0 Å². The van der Waals surface area contributed by atoms with Crippen LogP contribution in [0.3, 0.4) is 0 Å². The van der Waals surface area contributed by atoms with Gasteiger partial charge in [-0.15, -0.1) is 0 Å². The molecule has 0 N–H and O–H groups in total. The molecule has 2 aromatic rings. The number of piperazine rings is 2. The molecule has 1 amide bonds. The van der Waals surface area contributed by atoms with Crippen molar-refractivity contribution in [1.29, 1.82) is 0 Å². The quantitative estimate of drug-likeness (QED) is 0.599. The van der Waals surface area contributed by atoms with Gasteiger partial charge in [-0.3, -0.25) is 4.79 Å². The number of aromatic nitrogens is 2. The molecule has 2 saturated heterocycles. The summed E-state index contributed by atoms with van der Waals surface area (Å²) < 4.78 is 5.71. The van der Waals surface area contributed by atoms with Gasteiger partial charge in [0, 0.05) is 69.7 Å². The number of benzene rings is 1. The van der Waals surface area contributed by atoms with Gasteiger partial charge in [0.1, 0.15) is 11.6 Å². The van der Waals surface area contributed by atoms with Crippen LogP contribution in [0.4, 0.5) is 11.8 Å². The zero-order chi connectivity index (χ0) is 23.2. The Hall–Kier alpha value is -2.87. The fraction of sp³-hybridized carbons (Fsp3) is 0.560. The minimum absolute atomic E-state index is 0.0676. The van der Waals surface area contributed by atoms with Gasteiger partial charge in [0.05, 0.1) is 6.61 Å². The van der Waals surface area contributed by atoms with Gasteiger partial charge in [0.25, 0.3) is 5.91 Å². The summed E-state index contributed by atoms with van der Waals surface area (Å²) in [6.45, 7) is 11.7. The molecule has 0 atom stereocenters. The molecule has 0 unspecified atom stereocenters. The van der Waals surface area contributed by atoms with Crippen LogP contribution in [0.15, 0.2) is 30.3 Å². The van der Waals surface area contributed by atoms with Crippen molar-refractivity contribution in [2.75, 3.05) is 75.8 Å². The maximum Gasteiger partial charge on any atom is 0.253 e. The van der Waals surface area contributed by atoms with E-state index >= 15 is 0 Å². The number of nitrogens with zero attached hydrogens (tertiary/aromatic N) is 6. The van der Waals surface area contributed by atoms with Crippen molar-refractivity contribution in [3.05, 3.63) is 41.6 Å². The van der Waals surface area contributed by atoms with Crippen LogP contribution >= 0.6 is 0 Å². The Morgan fingerprint density at radius 3 is 2.27 bits per heavy atom. The van der Waals surface area contributed by atoms with E-state index in [-0.39, 0.29) is 5.91 Å². The fourth-order valence-corrected chi connectivity index (χ4v) is 4.20. The van der Waals surface area contributed by atoms with Crippen LogP contribution in [0, 0.1) is 6.92 Å². The smallest absolute Gasteiger partial charge is 0.253 e. The van der Waals surface area contributed by atoms with Crippen molar-refractivity contribution in [2.24, 2.45) is 0 Å². The molecule has 2 aliphatic rings. The lowest BCUT2D eigenvalue weighted by Gasteiger charge is -2.36. The summed E-state index contributed by atoms with van der Waals surface area (Å²) in [6.07, 6.45) is 2.14. The second-order valence-corrected chi connectivity index (χ2v) is 8.96. The molecule has 0 aliphatic carbocycles. The number of amides is 1. The number of hydrogen-bond acceptors (Lipinski definition) is 7. The molecule has 1 aromatic heterocycles. The van der Waals surface area contributed by atoms with Crippen LogP contribution in [0.5, 0.6) is 5.75 Å². The van der Waals surface area contributed by atoms with Gasteiger partial charge < -0.3 is 24.3 Å². The van der Waals surface area contributed by atoms with E-state index in [0.29, 0.717) is 25.3 Å². The maximum absolute atomic E-state index is 13.0. The average Bonchev–Trinajstić information content (AvgIpc) is 2.84.